The highest BCUT2D eigenvalue weighted by atomic mass is 16.1. The number of nitrogens with one attached hydrogen (secondary N) is 1. The Morgan fingerprint density at radius 1 is 1.14 bits per heavy atom. The van der Waals surface area contributed by atoms with Crippen LogP contribution in [0, 0.1) is 6.92 Å². The number of fused-ring (bicyclic) bond motifs is 1. The summed E-state index contributed by atoms with van der Waals surface area (Å²) in [6, 6.07) is 12.1. The van der Waals surface area contributed by atoms with E-state index in [-0.39, 0.29) is 0 Å². The molecule has 2 nitrogen and oxygen atoms in total. The zero-order valence-electron chi connectivity index (χ0n) is 7.95. The molecule has 0 aromatic heterocycles. The van der Waals surface area contributed by atoms with Crippen molar-refractivity contribution in [3.05, 3.63) is 42.0 Å². The molecular formula is C12H11NO. The van der Waals surface area contributed by atoms with E-state index < -0.39 is 0 Å². The van der Waals surface area contributed by atoms with E-state index in [2.05, 4.69) is 17.4 Å². The molecule has 0 saturated carbocycles. The first-order chi connectivity index (χ1) is 6.83. The molecule has 0 radical (unpaired) electrons. The van der Waals surface area contributed by atoms with Crippen LogP contribution < -0.4 is 5.32 Å². The first-order valence-corrected chi connectivity index (χ1v) is 4.51. The molecule has 0 aliphatic heterocycles. The molecule has 1 amide bonds. The highest BCUT2D eigenvalue weighted by Gasteiger charge is 2.01. The monoisotopic (exact) mass is 185 g/mol. The van der Waals surface area contributed by atoms with Crippen molar-refractivity contribution in [2.24, 2.45) is 0 Å². The molecule has 2 aromatic carbocycles. The van der Waals surface area contributed by atoms with Crippen molar-refractivity contribution < 1.29 is 4.79 Å². The highest BCUT2D eigenvalue weighted by Crippen LogP contribution is 2.24. The van der Waals surface area contributed by atoms with E-state index >= 15 is 0 Å². The minimum absolute atomic E-state index is 0.705. The summed E-state index contributed by atoms with van der Waals surface area (Å²) in [6.07, 6.45) is 0.705. The van der Waals surface area contributed by atoms with Gasteiger partial charge in [-0.2, -0.15) is 0 Å². The molecule has 0 heterocycles. The topological polar surface area (TPSA) is 29.1 Å². The fraction of sp³-hybridized carbons (Fsp3) is 0.0833. The third-order valence-electron chi connectivity index (χ3n) is 2.41. The van der Waals surface area contributed by atoms with E-state index in [9.17, 15) is 4.79 Å². The lowest BCUT2D eigenvalue weighted by molar-refractivity contribution is -0.105. The third-order valence-corrected chi connectivity index (χ3v) is 2.41. The van der Waals surface area contributed by atoms with E-state index in [1.807, 2.05) is 31.2 Å². The Kier molecular flexibility index (Phi) is 2.19. The molecule has 1 N–H and O–H groups in total. The number of aryl methyl sites for hydroxylation is 1. The first kappa shape index (κ1) is 8.75. The molecule has 2 aromatic rings. The predicted octanol–water partition coefficient (Wildman–Crippen LogP) is 2.72. The molecule has 0 unspecified atom stereocenters. The largest absolute Gasteiger partial charge is 0.328 e. The number of anilines is 1. The molecule has 0 saturated heterocycles. The third kappa shape index (κ3) is 1.35. The van der Waals surface area contributed by atoms with Crippen molar-refractivity contribution in [1.82, 2.24) is 0 Å². The number of hydrogen-bond donors (Lipinski definition) is 1. The van der Waals surface area contributed by atoms with Crippen molar-refractivity contribution in [2.45, 2.75) is 6.92 Å². The smallest absolute Gasteiger partial charge is 0.211 e. The van der Waals surface area contributed by atoms with Crippen LogP contribution in [0.4, 0.5) is 5.69 Å². The lowest BCUT2D eigenvalue weighted by Gasteiger charge is -2.07. The summed E-state index contributed by atoms with van der Waals surface area (Å²) in [6.45, 7) is 2.01. The minimum Gasteiger partial charge on any atom is -0.328 e. The van der Waals surface area contributed by atoms with Gasteiger partial charge in [-0.1, -0.05) is 30.3 Å². The van der Waals surface area contributed by atoms with E-state index in [4.69, 9.17) is 0 Å². The first-order valence-electron chi connectivity index (χ1n) is 4.51. The maximum atomic E-state index is 10.4. The van der Waals surface area contributed by atoms with Crippen molar-refractivity contribution in [1.29, 1.82) is 0 Å². The van der Waals surface area contributed by atoms with Crippen LogP contribution >= 0.6 is 0 Å². The normalized spacial score (nSPS) is 10.1. The van der Waals surface area contributed by atoms with E-state index in [0.717, 1.165) is 11.3 Å². The molecule has 2 heteroatoms. The summed E-state index contributed by atoms with van der Waals surface area (Å²) in [4.78, 5) is 10.4. The predicted molar refractivity (Wildman–Crippen MR) is 58.4 cm³/mol. The molecule has 0 aliphatic rings. The summed E-state index contributed by atoms with van der Waals surface area (Å²) in [7, 11) is 0. The number of benzene rings is 2. The lowest BCUT2D eigenvalue weighted by Crippen LogP contribution is -1.96. The SMILES string of the molecule is Cc1c(NC=O)ccc2ccccc12. The van der Waals surface area contributed by atoms with Crippen molar-refractivity contribution in [3.8, 4) is 0 Å². The van der Waals surface area contributed by atoms with Crippen molar-refractivity contribution in [3.63, 3.8) is 0 Å². The van der Waals surface area contributed by atoms with Gasteiger partial charge in [0.2, 0.25) is 6.41 Å². The van der Waals surface area contributed by atoms with Crippen LogP contribution in [0.15, 0.2) is 36.4 Å². The Balaban J connectivity index is 2.68. The van der Waals surface area contributed by atoms with Crippen LogP contribution in [0.25, 0.3) is 10.8 Å². The molecule has 2 rings (SSSR count). The van der Waals surface area contributed by atoms with Gasteiger partial charge in [-0.25, -0.2) is 0 Å². The van der Waals surface area contributed by atoms with Crippen molar-refractivity contribution in [2.75, 3.05) is 5.32 Å². The van der Waals surface area contributed by atoms with Gasteiger partial charge in [-0.3, -0.25) is 4.79 Å². The van der Waals surface area contributed by atoms with Gasteiger partial charge in [0.1, 0.15) is 0 Å². The Morgan fingerprint density at radius 2 is 1.93 bits per heavy atom. The standard InChI is InChI=1S/C12H11NO/c1-9-11-5-3-2-4-10(11)6-7-12(9)13-8-14/h2-8H,1H3,(H,13,14). The summed E-state index contributed by atoms with van der Waals surface area (Å²) < 4.78 is 0. The Hall–Kier alpha value is -1.83. The number of hydrogen-bond acceptors (Lipinski definition) is 1. The van der Waals surface area contributed by atoms with Crippen LogP contribution in [0.2, 0.25) is 0 Å². The van der Waals surface area contributed by atoms with Crippen LogP contribution in [0.1, 0.15) is 5.56 Å². The van der Waals surface area contributed by atoms with Gasteiger partial charge in [-0.05, 0) is 29.3 Å². The maximum Gasteiger partial charge on any atom is 0.211 e. The molecule has 0 bridgehead atoms. The van der Waals surface area contributed by atoms with Gasteiger partial charge >= 0.3 is 0 Å². The number of rotatable bonds is 2. The highest BCUT2D eigenvalue weighted by molar-refractivity contribution is 5.91. The fourth-order valence-electron chi connectivity index (χ4n) is 1.65. The van der Waals surface area contributed by atoms with Gasteiger partial charge in [0.15, 0.2) is 0 Å². The van der Waals surface area contributed by atoms with Gasteiger partial charge in [0, 0.05) is 5.69 Å². The van der Waals surface area contributed by atoms with Gasteiger partial charge < -0.3 is 5.32 Å². The van der Waals surface area contributed by atoms with Crippen LogP contribution in [-0.4, -0.2) is 6.41 Å². The lowest BCUT2D eigenvalue weighted by atomic mass is 10.0. The van der Waals surface area contributed by atoms with Crippen molar-refractivity contribution >= 4 is 22.9 Å². The number of carbonyl (C=O) groups excluding carboxylic acids is 1. The molecule has 70 valence electrons. The molecule has 0 spiro atoms. The number of amides is 1. The Bertz CT molecular complexity index is 477. The van der Waals surface area contributed by atoms with E-state index in [1.54, 1.807) is 0 Å². The van der Waals surface area contributed by atoms with E-state index in [0.29, 0.717) is 6.41 Å². The van der Waals surface area contributed by atoms with Gasteiger partial charge in [0.05, 0.1) is 0 Å². The van der Waals surface area contributed by atoms with Crippen LogP contribution in [0.3, 0.4) is 0 Å². The van der Waals surface area contributed by atoms with Gasteiger partial charge in [-0.15, -0.1) is 0 Å². The van der Waals surface area contributed by atoms with Crippen LogP contribution in [-0.2, 0) is 4.79 Å². The Morgan fingerprint density at radius 3 is 2.71 bits per heavy atom. The average Bonchev–Trinajstić information content (AvgIpc) is 2.23. The van der Waals surface area contributed by atoms with Gasteiger partial charge in [0.25, 0.3) is 0 Å². The summed E-state index contributed by atoms with van der Waals surface area (Å²) in [5.74, 6) is 0. The second kappa shape index (κ2) is 3.50. The summed E-state index contributed by atoms with van der Waals surface area (Å²) >= 11 is 0. The quantitative estimate of drug-likeness (QED) is 0.716. The molecule has 0 atom stereocenters. The molecule has 0 fully saturated rings. The minimum atomic E-state index is 0.705. The fourth-order valence-corrected chi connectivity index (χ4v) is 1.65. The average molecular weight is 185 g/mol. The summed E-state index contributed by atoms with van der Waals surface area (Å²) in [5.41, 5.74) is 1.98. The zero-order valence-corrected chi connectivity index (χ0v) is 7.95. The second-order valence-corrected chi connectivity index (χ2v) is 3.22. The van der Waals surface area contributed by atoms with Crippen LogP contribution in [0.5, 0.6) is 0 Å². The molecule has 0 aliphatic carbocycles. The summed E-state index contributed by atoms with van der Waals surface area (Å²) in [5, 5.41) is 5.06. The second-order valence-electron chi connectivity index (χ2n) is 3.22. The Labute approximate surface area is 82.6 Å². The maximum absolute atomic E-state index is 10.4. The molecular weight excluding hydrogens is 174 g/mol. The molecule has 14 heavy (non-hydrogen) atoms. The number of carbonyl (C=O) groups is 1. The zero-order chi connectivity index (χ0) is 9.97. The van der Waals surface area contributed by atoms with E-state index in [1.165, 1.54) is 10.8 Å².